The van der Waals surface area contributed by atoms with Gasteiger partial charge in [-0.15, -0.1) is 34.5 Å². The molecule has 9 heteroatoms. The number of carbonyl (C=O) groups is 1. The Labute approximate surface area is 188 Å². The zero-order valence-corrected chi connectivity index (χ0v) is 18.7. The van der Waals surface area contributed by atoms with Gasteiger partial charge in [0, 0.05) is 30.5 Å². The van der Waals surface area contributed by atoms with Crippen LogP contribution < -0.4 is 10.3 Å². The highest BCUT2D eigenvalue weighted by Gasteiger charge is 2.07. The fraction of sp³-hybridized carbons (Fsp3) is 0.250. The van der Waals surface area contributed by atoms with Gasteiger partial charge in [-0.2, -0.15) is 5.10 Å². The van der Waals surface area contributed by atoms with Crippen molar-refractivity contribution >= 4 is 74.3 Å². The molecule has 3 aromatic rings. The van der Waals surface area contributed by atoms with Gasteiger partial charge in [0.15, 0.2) is 4.34 Å². The van der Waals surface area contributed by atoms with Crippen molar-refractivity contribution in [2.45, 2.75) is 4.34 Å². The predicted molar refractivity (Wildman–Crippen MR) is 126 cm³/mol. The van der Waals surface area contributed by atoms with E-state index in [1.807, 2.05) is 48.5 Å². The first-order valence-corrected chi connectivity index (χ1v) is 11.8. The Balaban J connectivity index is 1.47. The molecule has 1 amide bonds. The molecule has 3 rings (SSSR count). The third-order valence-electron chi connectivity index (χ3n) is 3.97. The van der Waals surface area contributed by atoms with Gasteiger partial charge < -0.3 is 4.90 Å². The molecule has 0 saturated carbocycles. The lowest BCUT2D eigenvalue weighted by Crippen LogP contribution is -2.27. The van der Waals surface area contributed by atoms with Gasteiger partial charge in [0.1, 0.15) is 0 Å². The van der Waals surface area contributed by atoms with E-state index in [4.69, 9.17) is 23.2 Å². The summed E-state index contributed by atoms with van der Waals surface area (Å²) in [5, 5.41) is 4.03. The maximum atomic E-state index is 12.0. The summed E-state index contributed by atoms with van der Waals surface area (Å²) in [6, 6.07) is 15.8. The zero-order valence-electron chi connectivity index (χ0n) is 15.6. The van der Waals surface area contributed by atoms with E-state index in [2.05, 4.69) is 20.4 Å². The molecule has 1 heterocycles. The van der Waals surface area contributed by atoms with Crippen molar-refractivity contribution in [3.8, 4) is 0 Å². The number of aromatic nitrogens is 1. The van der Waals surface area contributed by atoms with Crippen molar-refractivity contribution in [1.29, 1.82) is 0 Å². The van der Waals surface area contributed by atoms with E-state index in [0.717, 1.165) is 38.9 Å². The van der Waals surface area contributed by atoms with Crippen molar-refractivity contribution in [1.82, 2.24) is 10.4 Å². The van der Waals surface area contributed by atoms with Gasteiger partial charge in [-0.3, -0.25) is 4.79 Å². The van der Waals surface area contributed by atoms with E-state index >= 15 is 0 Å². The molecule has 29 heavy (non-hydrogen) atoms. The Bertz CT molecular complexity index is 924. The third-order valence-corrected chi connectivity index (χ3v) is 6.49. The van der Waals surface area contributed by atoms with Crippen LogP contribution >= 0.6 is 46.3 Å². The number of fused-ring (bicyclic) bond motifs is 1. The van der Waals surface area contributed by atoms with Crippen LogP contribution in [0.1, 0.15) is 5.56 Å². The number of anilines is 1. The van der Waals surface area contributed by atoms with Crippen molar-refractivity contribution < 1.29 is 4.79 Å². The molecular formula is C20H20Cl2N4OS2. The van der Waals surface area contributed by atoms with Crippen molar-refractivity contribution in [2.24, 2.45) is 5.10 Å². The monoisotopic (exact) mass is 466 g/mol. The molecule has 0 atom stereocenters. The largest absolute Gasteiger partial charge is 0.369 e. The molecule has 0 bridgehead atoms. The first kappa shape index (κ1) is 21.9. The average Bonchev–Trinajstić information content (AvgIpc) is 3.16. The molecule has 0 unspecified atom stereocenters. The lowest BCUT2D eigenvalue weighted by Gasteiger charge is -2.22. The maximum Gasteiger partial charge on any atom is 0.250 e. The standard InChI is InChI=1S/C20H20Cl2N4OS2/c21-9-11-26(12-10-22)16-7-5-15(6-8-16)13-23-25-19(27)14-28-20-24-17-3-1-2-4-18(17)29-20/h1-8,13H,9-12,14H2,(H,25,27)/b23-13+. The minimum Gasteiger partial charge on any atom is -0.369 e. The molecule has 0 fully saturated rings. The van der Waals surface area contributed by atoms with Crippen LogP contribution in [-0.2, 0) is 4.79 Å². The van der Waals surface area contributed by atoms with Gasteiger partial charge in [-0.1, -0.05) is 36.0 Å². The summed E-state index contributed by atoms with van der Waals surface area (Å²) < 4.78 is 1.99. The number of halogens is 2. The lowest BCUT2D eigenvalue weighted by molar-refractivity contribution is -0.118. The Morgan fingerprint density at radius 2 is 1.86 bits per heavy atom. The van der Waals surface area contributed by atoms with Crippen LogP contribution in [0.2, 0.25) is 0 Å². The topological polar surface area (TPSA) is 57.6 Å². The van der Waals surface area contributed by atoms with E-state index in [1.165, 1.54) is 11.8 Å². The second-order valence-corrected chi connectivity index (χ2v) is 8.99. The normalized spacial score (nSPS) is 11.2. The second kappa shape index (κ2) is 11.4. The van der Waals surface area contributed by atoms with Gasteiger partial charge >= 0.3 is 0 Å². The SMILES string of the molecule is O=C(CSc1nc2ccccc2s1)N/N=C/c1ccc(N(CCCl)CCCl)cc1. The average molecular weight is 467 g/mol. The number of para-hydroxylation sites is 1. The summed E-state index contributed by atoms with van der Waals surface area (Å²) in [5.74, 6) is 1.18. The fourth-order valence-corrected chi connectivity index (χ4v) is 4.87. The number of nitrogens with zero attached hydrogens (tertiary/aromatic N) is 3. The molecule has 1 aromatic heterocycles. The lowest BCUT2D eigenvalue weighted by atomic mass is 10.2. The molecule has 152 valence electrons. The number of thiazole rings is 1. The van der Waals surface area contributed by atoms with Gasteiger partial charge in [0.05, 0.1) is 22.2 Å². The summed E-state index contributed by atoms with van der Waals surface area (Å²) in [4.78, 5) is 18.6. The zero-order chi connectivity index (χ0) is 20.5. The number of hydrogen-bond donors (Lipinski definition) is 1. The molecule has 0 saturated heterocycles. The van der Waals surface area contributed by atoms with Crippen LogP contribution in [0.5, 0.6) is 0 Å². The second-order valence-electron chi connectivity index (χ2n) is 5.99. The van der Waals surface area contributed by atoms with E-state index < -0.39 is 0 Å². The molecule has 2 aromatic carbocycles. The molecule has 0 radical (unpaired) electrons. The number of amides is 1. The quantitative estimate of drug-likeness (QED) is 0.201. The Morgan fingerprint density at radius 3 is 2.55 bits per heavy atom. The Morgan fingerprint density at radius 1 is 1.14 bits per heavy atom. The van der Waals surface area contributed by atoms with E-state index in [9.17, 15) is 4.79 Å². The van der Waals surface area contributed by atoms with Crippen molar-refractivity contribution in [3.63, 3.8) is 0 Å². The van der Waals surface area contributed by atoms with Crippen LogP contribution in [-0.4, -0.2) is 47.7 Å². The number of rotatable bonds is 10. The van der Waals surface area contributed by atoms with Gasteiger partial charge in [0.2, 0.25) is 0 Å². The predicted octanol–water partition coefficient (Wildman–Crippen LogP) is 4.82. The number of hydrazone groups is 1. The van der Waals surface area contributed by atoms with Crippen LogP contribution in [0.15, 0.2) is 58.0 Å². The third kappa shape index (κ3) is 6.60. The minimum atomic E-state index is -0.169. The highest BCUT2D eigenvalue weighted by atomic mass is 35.5. The molecular weight excluding hydrogens is 447 g/mol. The van der Waals surface area contributed by atoms with Crippen molar-refractivity contribution in [3.05, 3.63) is 54.1 Å². The molecule has 0 aliphatic carbocycles. The summed E-state index contributed by atoms with van der Waals surface area (Å²) in [6.45, 7) is 1.48. The Hall–Kier alpha value is -1.80. The first-order valence-electron chi connectivity index (χ1n) is 8.97. The molecule has 1 N–H and O–H groups in total. The molecule has 0 aliphatic rings. The number of hydrogen-bond acceptors (Lipinski definition) is 6. The van der Waals surface area contributed by atoms with E-state index in [1.54, 1.807) is 17.6 Å². The van der Waals surface area contributed by atoms with Crippen LogP contribution in [0.25, 0.3) is 10.2 Å². The maximum absolute atomic E-state index is 12.0. The Kier molecular flexibility index (Phi) is 8.61. The smallest absolute Gasteiger partial charge is 0.250 e. The molecule has 5 nitrogen and oxygen atoms in total. The van der Waals surface area contributed by atoms with E-state index in [0.29, 0.717) is 11.8 Å². The molecule has 0 spiro atoms. The fourth-order valence-electron chi connectivity index (χ4n) is 2.60. The van der Waals surface area contributed by atoms with Crippen LogP contribution in [0, 0.1) is 0 Å². The van der Waals surface area contributed by atoms with Crippen LogP contribution in [0.3, 0.4) is 0 Å². The number of nitrogens with one attached hydrogen (secondary N) is 1. The first-order chi connectivity index (χ1) is 14.2. The summed E-state index contributed by atoms with van der Waals surface area (Å²) in [6.07, 6.45) is 1.62. The van der Waals surface area contributed by atoms with Gasteiger partial charge in [0.25, 0.3) is 5.91 Å². The number of thioether (sulfide) groups is 1. The minimum absolute atomic E-state index is 0.169. The summed E-state index contributed by atoms with van der Waals surface area (Å²) in [7, 11) is 0. The number of carbonyl (C=O) groups excluding carboxylic acids is 1. The highest BCUT2D eigenvalue weighted by molar-refractivity contribution is 8.01. The highest BCUT2D eigenvalue weighted by Crippen LogP contribution is 2.29. The van der Waals surface area contributed by atoms with Gasteiger partial charge in [-0.05, 0) is 29.8 Å². The van der Waals surface area contributed by atoms with E-state index in [-0.39, 0.29) is 11.7 Å². The number of alkyl halides is 2. The van der Waals surface area contributed by atoms with Crippen molar-refractivity contribution in [2.75, 3.05) is 35.5 Å². The summed E-state index contributed by atoms with van der Waals surface area (Å²) >= 11 is 14.7. The molecule has 0 aliphatic heterocycles. The van der Waals surface area contributed by atoms with Crippen LogP contribution in [0.4, 0.5) is 5.69 Å². The summed E-state index contributed by atoms with van der Waals surface area (Å²) in [5.41, 5.74) is 5.46. The number of benzene rings is 2. The van der Waals surface area contributed by atoms with Gasteiger partial charge in [-0.25, -0.2) is 10.4 Å².